The molecule has 3 nitrogen and oxygen atoms in total. The number of aryl methyl sites for hydroxylation is 1. The van der Waals surface area contributed by atoms with Crippen molar-refractivity contribution >= 4 is 0 Å². The minimum atomic E-state index is -0.0567. The molecule has 2 aromatic carbocycles. The Labute approximate surface area is 143 Å². The maximum atomic E-state index is 5.81. The van der Waals surface area contributed by atoms with E-state index in [4.69, 9.17) is 14.2 Å². The first kappa shape index (κ1) is 15.7. The smallest absolute Gasteiger partial charge is 0.161 e. The van der Waals surface area contributed by atoms with Gasteiger partial charge in [0.2, 0.25) is 0 Å². The van der Waals surface area contributed by atoms with Gasteiger partial charge in [-0.25, -0.2) is 0 Å². The van der Waals surface area contributed by atoms with Crippen LogP contribution < -0.4 is 4.74 Å². The van der Waals surface area contributed by atoms with E-state index in [0.29, 0.717) is 31.0 Å². The third kappa shape index (κ3) is 2.83. The molecule has 0 amide bonds. The van der Waals surface area contributed by atoms with E-state index in [1.165, 1.54) is 16.7 Å². The lowest BCUT2D eigenvalue weighted by Gasteiger charge is -2.47. The van der Waals surface area contributed by atoms with Gasteiger partial charge in [0.25, 0.3) is 0 Å². The highest BCUT2D eigenvalue weighted by Crippen LogP contribution is 2.56. The van der Waals surface area contributed by atoms with Gasteiger partial charge in [-0.15, -0.1) is 0 Å². The maximum absolute atomic E-state index is 5.81. The molecule has 126 valence electrons. The lowest BCUT2D eigenvalue weighted by molar-refractivity contribution is -0.119. The second-order valence-electron chi connectivity index (χ2n) is 6.83. The Balaban J connectivity index is 1.62. The van der Waals surface area contributed by atoms with Crippen LogP contribution in [0.5, 0.6) is 5.75 Å². The largest absolute Gasteiger partial charge is 0.497 e. The fourth-order valence-electron chi connectivity index (χ4n) is 4.06. The molecular formula is C21H24O3. The van der Waals surface area contributed by atoms with Gasteiger partial charge in [0.15, 0.2) is 6.29 Å². The Morgan fingerprint density at radius 1 is 0.875 bits per heavy atom. The molecule has 1 heterocycles. The fraction of sp³-hybridized carbons (Fsp3) is 0.429. The molecule has 0 N–H and O–H groups in total. The lowest BCUT2D eigenvalue weighted by atomic mass is 9.59. The summed E-state index contributed by atoms with van der Waals surface area (Å²) >= 11 is 0. The summed E-state index contributed by atoms with van der Waals surface area (Å²) in [6.45, 7) is 3.56. The van der Waals surface area contributed by atoms with Crippen molar-refractivity contribution in [1.29, 1.82) is 0 Å². The van der Waals surface area contributed by atoms with Crippen LogP contribution in [0.1, 0.15) is 34.9 Å². The SMILES string of the molecule is COc1ccc([C@@H]2[C@@H](c3ccc(C)cc3)C[C@H]2C2OCCO2)cc1. The molecule has 2 fully saturated rings. The summed E-state index contributed by atoms with van der Waals surface area (Å²) in [5.74, 6) is 2.28. The minimum Gasteiger partial charge on any atom is -0.497 e. The molecule has 3 heteroatoms. The van der Waals surface area contributed by atoms with Gasteiger partial charge in [0.05, 0.1) is 20.3 Å². The normalized spacial score (nSPS) is 27.0. The van der Waals surface area contributed by atoms with Gasteiger partial charge >= 0.3 is 0 Å². The molecule has 0 bridgehead atoms. The van der Waals surface area contributed by atoms with E-state index in [-0.39, 0.29) is 6.29 Å². The van der Waals surface area contributed by atoms with Crippen molar-refractivity contribution in [3.05, 3.63) is 65.2 Å². The van der Waals surface area contributed by atoms with Crippen molar-refractivity contribution < 1.29 is 14.2 Å². The molecule has 1 aliphatic heterocycles. The van der Waals surface area contributed by atoms with Gasteiger partial charge < -0.3 is 14.2 Å². The highest BCUT2D eigenvalue weighted by Gasteiger charge is 2.48. The summed E-state index contributed by atoms with van der Waals surface area (Å²) in [6, 6.07) is 17.4. The first-order chi connectivity index (χ1) is 11.8. The van der Waals surface area contributed by atoms with Crippen LogP contribution >= 0.6 is 0 Å². The van der Waals surface area contributed by atoms with Gasteiger partial charge in [-0.05, 0) is 48.4 Å². The second kappa shape index (κ2) is 6.58. The average Bonchev–Trinajstić information content (AvgIpc) is 3.10. The molecule has 4 rings (SSSR count). The molecule has 1 aliphatic carbocycles. The zero-order valence-corrected chi connectivity index (χ0v) is 14.3. The quantitative estimate of drug-likeness (QED) is 0.841. The second-order valence-corrected chi connectivity index (χ2v) is 6.83. The van der Waals surface area contributed by atoms with Gasteiger partial charge in [-0.2, -0.15) is 0 Å². The van der Waals surface area contributed by atoms with Crippen molar-refractivity contribution in [1.82, 2.24) is 0 Å². The summed E-state index contributed by atoms with van der Waals surface area (Å²) in [5, 5.41) is 0. The van der Waals surface area contributed by atoms with Gasteiger partial charge in [0, 0.05) is 5.92 Å². The Hall–Kier alpha value is -1.84. The zero-order chi connectivity index (χ0) is 16.5. The van der Waals surface area contributed by atoms with E-state index in [2.05, 4.69) is 43.3 Å². The highest BCUT2D eigenvalue weighted by molar-refractivity contribution is 5.37. The maximum Gasteiger partial charge on any atom is 0.161 e. The first-order valence-corrected chi connectivity index (χ1v) is 8.70. The van der Waals surface area contributed by atoms with E-state index < -0.39 is 0 Å². The lowest BCUT2D eigenvalue weighted by Crippen LogP contribution is -2.41. The third-order valence-electron chi connectivity index (χ3n) is 5.42. The molecule has 0 radical (unpaired) electrons. The fourth-order valence-corrected chi connectivity index (χ4v) is 4.06. The summed E-state index contributed by atoms with van der Waals surface area (Å²) in [7, 11) is 1.70. The Bertz CT molecular complexity index is 671. The summed E-state index contributed by atoms with van der Waals surface area (Å²) in [6.07, 6.45) is 1.06. The van der Waals surface area contributed by atoms with Crippen LogP contribution in [0.2, 0.25) is 0 Å². The number of methoxy groups -OCH3 is 1. The van der Waals surface area contributed by atoms with Gasteiger partial charge in [-0.3, -0.25) is 0 Å². The Kier molecular flexibility index (Phi) is 4.30. The van der Waals surface area contributed by atoms with Crippen LogP contribution in [-0.2, 0) is 9.47 Å². The van der Waals surface area contributed by atoms with Crippen LogP contribution in [0.15, 0.2) is 48.5 Å². The van der Waals surface area contributed by atoms with E-state index in [9.17, 15) is 0 Å². The predicted molar refractivity (Wildman–Crippen MR) is 93.5 cm³/mol. The molecule has 2 aromatic rings. The van der Waals surface area contributed by atoms with Crippen molar-refractivity contribution in [2.45, 2.75) is 31.5 Å². The Morgan fingerprint density at radius 2 is 1.50 bits per heavy atom. The number of benzene rings is 2. The number of rotatable bonds is 4. The molecule has 1 saturated carbocycles. The van der Waals surface area contributed by atoms with Crippen LogP contribution in [0.4, 0.5) is 0 Å². The van der Waals surface area contributed by atoms with E-state index in [1.54, 1.807) is 7.11 Å². The topological polar surface area (TPSA) is 27.7 Å². The summed E-state index contributed by atoms with van der Waals surface area (Å²) in [4.78, 5) is 0. The monoisotopic (exact) mass is 324 g/mol. The van der Waals surface area contributed by atoms with Crippen molar-refractivity contribution in [2.24, 2.45) is 5.92 Å². The molecular weight excluding hydrogens is 300 g/mol. The van der Waals surface area contributed by atoms with Crippen molar-refractivity contribution in [3.8, 4) is 5.75 Å². The van der Waals surface area contributed by atoms with Gasteiger partial charge in [0.1, 0.15) is 5.75 Å². The first-order valence-electron chi connectivity index (χ1n) is 8.70. The van der Waals surface area contributed by atoms with Gasteiger partial charge in [-0.1, -0.05) is 42.0 Å². The molecule has 3 atom stereocenters. The number of ether oxygens (including phenoxy) is 3. The Morgan fingerprint density at radius 3 is 2.12 bits per heavy atom. The van der Waals surface area contributed by atoms with Crippen LogP contribution in [0.3, 0.4) is 0 Å². The van der Waals surface area contributed by atoms with E-state index in [0.717, 1.165) is 12.2 Å². The highest BCUT2D eigenvalue weighted by atomic mass is 16.7. The number of hydrogen-bond donors (Lipinski definition) is 0. The van der Waals surface area contributed by atoms with Crippen molar-refractivity contribution in [2.75, 3.05) is 20.3 Å². The van der Waals surface area contributed by atoms with Crippen LogP contribution in [-0.4, -0.2) is 26.6 Å². The summed E-state index contributed by atoms with van der Waals surface area (Å²) < 4.78 is 16.9. The molecule has 2 aliphatic rings. The van der Waals surface area contributed by atoms with Crippen LogP contribution in [0.25, 0.3) is 0 Å². The molecule has 0 spiro atoms. The van der Waals surface area contributed by atoms with E-state index in [1.807, 2.05) is 12.1 Å². The van der Waals surface area contributed by atoms with E-state index >= 15 is 0 Å². The molecule has 0 unspecified atom stereocenters. The predicted octanol–water partition coefficient (Wildman–Crippen LogP) is 4.26. The van der Waals surface area contributed by atoms with Crippen LogP contribution in [0, 0.1) is 12.8 Å². The minimum absolute atomic E-state index is 0.0567. The van der Waals surface area contributed by atoms with Crippen molar-refractivity contribution in [3.63, 3.8) is 0 Å². The average molecular weight is 324 g/mol. The molecule has 24 heavy (non-hydrogen) atoms. The zero-order valence-electron chi connectivity index (χ0n) is 14.3. The standard InChI is InChI=1S/C21H24O3/c1-14-3-5-15(6-4-14)18-13-19(21-23-11-12-24-21)20(18)16-7-9-17(22-2)10-8-16/h3-10,18-21H,11-13H2,1-2H3/t18-,19-,20-/m1/s1. The third-order valence-corrected chi connectivity index (χ3v) is 5.42. The molecule has 1 saturated heterocycles. The summed E-state index contributed by atoms with van der Waals surface area (Å²) in [5.41, 5.74) is 4.06. The molecule has 0 aromatic heterocycles. The number of hydrogen-bond acceptors (Lipinski definition) is 3.